The van der Waals surface area contributed by atoms with Gasteiger partial charge in [-0.05, 0) is 12.5 Å². The summed E-state index contributed by atoms with van der Waals surface area (Å²) in [6, 6.07) is 3.45. The summed E-state index contributed by atoms with van der Waals surface area (Å²) in [4.78, 5) is 22.4. The van der Waals surface area contributed by atoms with Crippen LogP contribution in [0.1, 0.15) is 17.9 Å². The highest BCUT2D eigenvalue weighted by Gasteiger charge is 2.38. The van der Waals surface area contributed by atoms with Crippen LogP contribution in [0.15, 0.2) is 18.2 Å². The summed E-state index contributed by atoms with van der Waals surface area (Å²) in [5, 5.41) is 18.3. The average Bonchev–Trinajstić information content (AvgIpc) is 2.47. The molecule has 0 bridgehead atoms. The third kappa shape index (κ3) is 2.13. The van der Waals surface area contributed by atoms with Crippen molar-refractivity contribution in [3.05, 3.63) is 29.6 Å². The van der Waals surface area contributed by atoms with Gasteiger partial charge in [0, 0.05) is 11.6 Å². The third-order valence-electron chi connectivity index (χ3n) is 2.98. The van der Waals surface area contributed by atoms with E-state index in [0.717, 1.165) is 12.1 Å². The number of carboxylic acids is 2. The van der Waals surface area contributed by atoms with Crippen LogP contribution in [0.4, 0.5) is 4.39 Å². The number of carboxylic acid groups (broad SMARTS) is 2. The van der Waals surface area contributed by atoms with E-state index < -0.39 is 29.6 Å². The molecule has 2 atom stereocenters. The molecule has 0 fully saturated rings. The minimum absolute atomic E-state index is 0.0528. The van der Waals surface area contributed by atoms with Gasteiger partial charge >= 0.3 is 11.9 Å². The molecule has 1 aliphatic heterocycles. The number of benzene rings is 1. The molecule has 18 heavy (non-hydrogen) atoms. The fourth-order valence-electron chi connectivity index (χ4n) is 2.14. The summed E-state index contributed by atoms with van der Waals surface area (Å²) in [6.45, 7) is 0.0528. The predicted molar refractivity (Wildman–Crippen MR) is 58.0 cm³/mol. The molecule has 0 aromatic heterocycles. The van der Waals surface area contributed by atoms with Gasteiger partial charge in [0.2, 0.25) is 0 Å². The molecule has 0 saturated carbocycles. The molecule has 2 N–H and O–H groups in total. The Bertz CT molecular complexity index is 499. The van der Waals surface area contributed by atoms with Crippen molar-refractivity contribution in [2.24, 2.45) is 5.92 Å². The quantitative estimate of drug-likeness (QED) is 0.835. The molecule has 1 aliphatic rings. The summed E-state index contributed by atoms with van der Waals surface area (Å²) in [5.74, 6) is -5.18. The van der Waals surface area contributed by atoms with Gasteiger partial charge in [-0.15, -0.1) is 0 Å². The molecule has 0 saturated heterocycles. The number of carbonyl (C=O) groups is 2. The van der Waals surface area contributed by atoms with Gasteiger partial charge in [-0.1, -0.05) is 6.07 Å². The normalized spacial score (nSPS) is 22.5. The van der Waals surface area contributed by atoms with Crippen LogP contribution in [0, 0.1) is 11.7 Å². The molecule has 0 radical (unpaired) electrons. The van der Waals surface area contributed by atoms with Crippen molar-refractivity contribution in [1.82, 2.24) is 0 Å². The lowest BCUT2D eigenvalue weighted by molar-refractivity contribution is -0.150. The smallest absolute Gasteiger partial charge is 0.312 e. The van der Waals surface area contributed by atoms with E-state index in [-0.39, 0.29) is 24.3 Å². The van der Waals surface area contributed by atoms with Gasteiger partial charge in [0.15, 0.2) is 0 Å². The Balaban J connectivity index is 2.53. The number of rotatable bonds is 2. The Kier molecular flexibility index (Phi) is 3.18. The summed E-state index contributed by atoms with van der Waals surface area (Å²) in [6.07, 6.45) is 0.0720. The molecular formula is C12H11FO5. The van der Waals surface area contributed by atoms with Gasteiger partial charge in [0.05, 0.1) is 18.4 Å². The van der Waals surface area contributed by atoms with E-state index in [4.69, 9.17) is 9.84 Å². The summed E-state index contributed by atoms with van der Waals surface area (Å²) >= 11 is 0. The fraction of sp³-hybridized carbons (Fsp3) is 0.333. The molecule has 0 amide bonds. The van der Waals surface area contributed by atoms with Crippen LogP contribution in [0.25, 0.3) is 0 Å². The van der Waals surface area contributed by atoms with Crippen LogP contribution in [-0.4, -0.2) is 28.8 Å². The second kappa shape index (κ2) is 4.64. The molecule has 0 unspecified atom stereocenters. The Morgan fingerprint density at radius 1 is 1.28 bits per heavy atom. The average molecular weight is 254 g/mol. The van der Waals surface area contributed by atoms with E-state index in [9.17, 15) is 19.1 Å². The van der Waals surface area contributed by atoms with E-state index >= 15 is 0 Å². The van der Waals surface area contributed by atoms with Crippen molar-refractivity contribution in [2.45, 2.75) is 12.3 Å². The predicted octanol–water partition coefficient (Wildman–Crippen LogP) is 1.48. The standard InChI is InChI=1S/C12H11FO5/c13-6-1-2-7-9(5-6)18-4-3-8(11(14)15)10(7)12(16)17/h1-2,5,8,10H,3-4H2,(H,14,15)(H,16,17)/t8-,10-/m1/s1. The molecular weight excluding hydrogens is 243 g/mol. The Morgan fingerprint density at radius 2 is 2.00 bits per heavy atom. The number of ether oxygens (including phenoxy) is 1. The number of halogens is 1. The zero-order chi connectivity index (χ0) is 13.3. The second-order valence-electron chi connectivity index (χ2n) is 4.08. The molecule has 1 aromatic rings. The van der Waals surface area contributed by atoms with Crippen molar-refractivity contribution < 1.29 is 28.9 Å². The van der Waals surface area contributed by atoms with E-state index in [1.807, 2.05) is 0 Å². The maximum atomic E-state index is 13.1. The molecule has 6 heteroatoms. The van der Waals surface area contributed by atoms with E-state index in [0.29, 0.717) is 0 Å². The lowest BCUT2D eigenvalue weighted by Gasteiger charge is -2.17. The summed E-state index contributed by atoms with van der Waals surface area (Å²) < 4.78 is 18.3. The van der Waals surface area contributed by atoms with Crippen LogP contribution in [0.2, 0.25) is 0 Å². The van der Waals surface area contributed by atoms with Crippen molar-refractivity contribution in [3.8, 4) is 5.75 Å². The zero-order valence-corrected chi connectivity index (χ0v) is 9.30. The van der Waals surface area contributed by atoms with Gasteiger partial charge in [0.25, 0.3) is 0 Å². The number of aliphatic carboxylic acids is 2. The van der Waals surface area contributed by atoms with E-state index in [1.165, 1.54) is 6.07 Å². The van der Waals surface area contributed by atoms with Gasteiger partial charge in [-0.3, -0.25) is 9.59 Å². The van der Waals surface area contributed by atoms with Gasteiger partial charge < -0.3 is 14.9 Å². The second-order valence-corrected chi connectivity index (χ2v) is 4.08. The van der Waals surface area contributed by atoms with Crippen LogP contribution < -0.4 is 4.74 Å². The molecule has 96 valence electrons. The van der Waals surface area contributed by atoms with Crippen LogP contribution in [-0.2, 0) is 9.59 Å². The molecule has 0 aliphatic carbocycles. The van der Waals surface area contributed by atoms with E-state index in [2.05, 4.69) is 0 Å². The number of hydrogen-bond donors (Lipinski definition) is 2. The zero-order valence-electron chi connectivity index (χ0n) is 9.30. The number of hydrogen-bond acceptors (Lipinski definition) is 3. The highest BCUT2D eigenvalue weighted by molar-refractivity contribution is 5.85. The van der Waals surface area contributed by atoms with Gasteiger partial charge in [0.1, 0.15) is 11.6 Å². The van der Waals surface area contributed by atoms with Crippen molar-refractivity contribution in [2.75, 3.05) is 6.61 Å². The van der Waals surface area contributed by atoms with Crippen molar-refractivity contribution in [1.29, 1.82) is 0 Å². The topological polar surface area (TPSA) is 83.8 Å². The van der Waals surface area contributed by atoms with Gasteiger partial charge in [-0.2, -0.15) is 0 Å². The highest BCUT2D eigenvalue weighted by atomic mass is 19.1. The minimum Gasteiger partial charge on any atom is -0.493 e. The monoisotopic (exact) mass is 254 g/mol. The Morgan fingerprint density at radius 3 is 2.61 bits per heavy atom. The SMILES string of the molecule is O=C(O)[C@@H]1c2ccc(F)cc2OCC[C@H]1C(=O)O. The first-order valence-electron chi connectivity index (χ1n) is 5.38. The third-order valence-corrected chi connectivity index (χ3v) is 2.98. The van der Waals surface area contributed by atoms with E-state index in [1.54, 1.807) is 0 Å². The summed E-state index contributed by atoms with van der Waals surface area (Å²) in [5.41, 5.74) is 0.203. The molecule has 0 spiro atoms. The summed E-state index contributed by atoms with van der Waals surface area (Å²) in [7, 11) is 0. The highest BCUT2D eigenvalue weighted by Crippen LogP contribution is 2.37. The first-order chi connectivity index (χ1) is 8.50. The maximum absolute atomic E-state index is 13.1. The first-order valence-corrected chi connectivity index (χ1v) is 5.38. The Labute approximate surface area is 102 Å². The maximum Gasteiger partial charge on any atom is 0.312 e. The van der Waals surface area contributed by atoms with Crippen LogP contribution in [0.5, 0.6) is 5.75 Å². The minimum atomic E-state index is -1.25. The lowest BCUT2D eigenvalue weighted by Crippen LogP contribution is -2.27. The van der Waals surface area contributed by atoms with Crippen LogP contribution >= 0.6 is 0 Å². The fourth-order valence-corrected chi connectivity index (χ4v) is 2.14. The molecule has 1 heterocycles. The largest absolute Gasteiger partial charge is 0.493 e. The molecule has 5 nitrogen and oxygen atoms in total. The first kappa shape index (κ1) is 12.3. The Hall–Kier alpha value is -2.11. The van der Waals surface area contributed by atoms with Crippen LogP contribution in [0.3, 0.4) is 0 Å². The number of fused-ring (bicyclic) bond motifs is 1. The molecule has 2 rings (SSSR count). The van der Waals surface area contributed by atoms with Crippen molar-refractivity contribution >= 4 is 11.9 Å². The van der Waals surface area contributed by atoms with Gasteiger partial charge in [-0.25, -0.2) is 4.39 Å². The molecule has 1 aromatic carbocycles. The van der Waals surface area contributed by atoms with Crippen molar-refractivity contribution in [3.63, 3.8) is 0 Å². The lowest BCUT2D eigenvalue weighted by atomic mass is 9.84.